The maximum atomic E-state index is 13.2. The fourth-order valence-corrected chi connectivity index (χ4v) is 5.11. The van der Waals surface area contributed by atoms with E-state index in [0.717, 1.165) is 37.1 Å². The lowest BCUT2D eigenvalue weighted by Gasteiger charge is -2.32. The summed E-state index contributed by atoms with van der Waals surface area (Å²) >= 11 is 0.823. The van der Waals surface area contributed by atoms with Crippen LogP contribution in [0.25, 0.3) is 10.6 Å². The fourth-order valence-electron chi connectivity index (χ4n) is 4.08. The molecular weight excluding hydrogens is 492 g/mol. The normalized spacial score (nSPS) is 15.6. The zero-order valence-electron chi connectivity index (χ0n) is 19.7. The Morgan fingerprint density at radius 2 is 1.63 bits per heavy atom. The number of hydrogen-bond acceptors (Lipinski definition) is 4. The molecule has 0 saturated carbocycles. The van der Waals surface area contributed by atoms with Gasteiger partial charge in [0.15, 0.2) is 0 Å². The van der Waals surface area contributed by atoms with E-state index >= 15 is 0 Å². The average Bonchev–Trinajstić information content (AvgIpc) is 3.19. The van der Waals surface area contributed by atoms with Gasteiger partial charge in [0.25, 0.3) is 5.91 Å². The van der Waals surface area contributed by atoms with Crippen LogP contribution in [0.15, 0.2) is 18.2 Å². The number of likely N-dealkylation sites (tertiary alicyclic amines) is 1. The second kappa shape index (κ2) is 11.3. The van der Waals surface area contributed by atoms with E-state index in [4.69, 9.17) is 0 Å². The van der Waals surface area contributed by atoms with Gasteiger partial charge >= 0.3 is 12.4 Å². The number of halogens is 6. The number of hydrogen-bond donors (Lipinski definition) is 1. The van der Waals surface area contributed by atoms with Crippen LogP contribution in [0.5, 0.6) is 0 Å². The van der Waals surface area contributed by atoms with Crippen LogP contribution >= 0.6 is 11.3 Å². The number of piperidine rings is 1. The first-order chi connectivity index (χ1) is 16.4. The van der Waals surface area contributed by atoms with Gasteiger partial charge in [0.1, 0.15) is 9.88 Å². The minimum atomic E-state index is -4.95. The molecule has 0 atom stereocenters. The number of carbonyl (C=O) groups excluding carboxylic acids is 1. The molecule has 1 aliphatic heterocycles. The smallest absolute Gasteiger partial charge is 0.338 e. The first-order valence-electron chi connectivity index (χ1n) is 11.7. The molecule has 1 aromatic heterocycles. The molecule has 0 spiro atoms. The van der Waals surface area contributed by atoms with Crippen molar-refractivity contribution < 1.29 is 31.1 Å². The fraction of sp³-hybridized carbons (Fsp3) is 0.583. The van der Waals surface area contributed by atoms with E-state index in [0.29, 0.717) is 31.3 Å². The minimum absolute atomic E-state index is 0.0499. The van der Waals surface area contributed by atoms with Crippen LogP contribution in [0, 0.1) is 6.92 Å². The Labute approximate surface area is 204 Å². The molecule has 1 N–H and O–H groups in total. The molecule has 1 aromatic carbocycles. The topological polar surface area (TPSA) is 45.2 Å². The number of rotatable bonds is 8. The first-order valence-corrected chi connectivity index (χ1v) is 12.5. The molecule has 1 aliphatic rings. The molecule has 2 aromatic rings. The zero-order chi connectivity index (χ0) is 25.8. The van der Waals surface area contributed by atoms with E-state index in [2.05, 4.69) is 17.2 Å². The molecule has 1 fully saturated rings. The largest absolute Gasteiger partial charge is 0.416 e. The highest BCUT2D eigenvalue weighted by atomic mass is 32.1. The quantitative estimate of drug-likeness (QED) is 0.303. The second-order valence-electron chi connectivity index (χ2n) is 8.81. The molecule has 0 bridgehead atoms. The molecule has 0 unspecified atom stereocenters. The van der Waals surface area contributed by atoms with E-state index in [9.17, 15) is 31.1 Å². The summed E-state index contributed by atoms with van der Waals surface area (Å²) in [5, 5.41) is 3.47. The lowest BCUT2D eigenvalue weighted by molar-refractivity contribution is -0.143. The van der Waals surface area contributed by atoms with Crippen molar-refractivity contribution in [2.45, 2.75) is 70.8 Å². The van der Waals surface area contributed by atoms with Crippen molar-refractivity contribution >= 4 is 17.2 Å². The van der Waals surface area contributed by atoms with Crippen LogP contribution in [-0.4, -0.2) is 41.5 Å². The summed E-state index contributed by atoms with van der Waals surface area (Å²) in [7, 11) is 0. The minimum Gasteiger partial charge on any atom is -0.338 e. The van der Waals surface area contributed by atoms with Crippen molar-refractivity contribution in [2.75, 3.05) is 19.6 Å². The van der Waals surface area contributed by atoms with Crippen molar-refractivity contribution in [1.82, 2.24) is 15.2 Å². The van der Waals surface area contributed by atoms with Gasteiger partial charge in [-0.1, -0.05) is 26.2 Å². The number of nitrogens with zero attached hydrogens (tertiary/aromatic N) is 2. The van der Waals surface area contributed by atoms with Crippen molar-refractivity contribution in [1.29, 1.82) is 0 Å². The maximum absolute atomic E-state index is 13.2. The van der Waals surface area contributed by atoms with Gasteiger partial charge in [-0.3, -0.25) is 4.79 Å². The number of nitrogens with one attached hydrogen (secondary N) is 1. The van der Waals surface area contributed by atoms with Gasteiger partial charge in [-0.15, -0.1) is 11.3 Å². The summed E-state index contributed by atoms with van der Waals surface area (Å²) in [6.45, 7) is 5.69. The lowest BCUT2D eigenvalue weighted by Crippen LogP contribution is -2.45. The van der Waals surface area contributed by atoms with Gasteiger partial charge in [0.05, 0.1) is 16.8 Å². The predicted octanol–water partition coefficient (Wildman–Crippen LogP) is 6.93. The average molecular weight is 522 g/mol. The predicted molar refractivity (Wildman–Crippen MR) is 123 cm³/mol. The molecule has 0 radical (unpaired) electrons. The van der Waals surface area contributed by atoms with Crippen LogP contribution < -0.4 is 5.32 Å². The molecule has 194 valence electrons. The van der Waals surface area contributed by atoms with Crippen LogP contribution in [0.2, 0.25) is 0 Å². The SMILES string of the molecule is CCCCCCNC1CCN(C(=O)c2sc(-c3cc(C(F)(F)F)cc(C(F)(F)F)c3)nc2C)CC1. The Morgan fingerprint density at radius 1 is 1.03 bits per heavy atom. The number of unbranched alkanes of at least 4 members (excludes halogenated alkanes) is 3. The number of amides is 1. The number of carbonyl (C=O) groups is 1. The Kier molecular flexibility index (Phi) is 8.85. The Balaban J connectivity index is 1.72. The van der Waals surface area contributed by atoms with E-state index in [-0.39, 0.29) is 33.1 Å². The van der Waals surface area contributed by atoms with E-state index in [1.165, 1.54) is 26.2 Å². The van der Waals surface area contributed by atoms with Crippen LogP contribution in [-0.2, 0) is 12.4 Å². The summed E-state index contributed by atoms with van der Waals surface area (Å²) in [4.78, 5) is 19.1. The van der Waals surface area contributed by atoms with Crippen molar-refractivity contribution in [3.8, 4) is 10.6 Å². The molecule has 1 amide bonds. The Bertz CT molecular complexity index is 977. The number of aryl methyl sites for hydroxylation is 1. The molecule has 1 saturated heterocycles. The van der Waals surface area contributed by atoms with E-state index in [1.807, 2.05) is 0 Å². The highest BCUT2D eigenvalue weighted by Gasteiger charge is 2.37. The third-order valence-electron chi connectivity index (χ3n) is 6.07. The molecule has 2 heterocycles. The first kappa shape index (κ1) is 27.4. The maximum Gasteiger partial charge on any atom is 0.416 e. The van der Waals surface area contributed by atoms with E-state index < -0.39 is 23.5 Å². The second-order valence-corrected chi connectivity index (χ2v) is 9.81. The highest BCUT2D eigenvalue weighted by Crippen LogP contribution is 2.40. The third kappa shape index (κ3) is 7.19. The summed E-state index contributed by atoms with van der Waals surface area (Å²) in [6.07, 6.45) is -3.64. The number of aromatic nitrogens is 1. The number of thiazole rings is 1. The van der Waals surface area contributed by atoms with Gasteiger partial charge in [-0.05, 0) is 50.9 Å². The number of alkyl halides is 6. The molecule has 0 aliphatic carbocycles. The molecule has 4 nitrogen and oxygen atoms in total. The third-order valence-corrected chi connectivity index (χ3v) is 7.27. The summed E-state index contributed by atoms with van der Waals surface area (Å²) in [6, 6.07) is 1.68. The molecule has 11 heteroatoms. The van der Waals surface area contributed by atoms with Gasteiger partial charge < -0.3 is 10.2 Å². The lowest BCUT2D eigenvalue weighted by atomic mass is 10.0. The van der Waals surface area contributed by atoms with Crippen molar-refractivity contribution in [2.24, 2.45) is 0 Å². The standard InChI is InChI=1S/C24H29F6N3OS/c1-3-4-5-6-9-31-19-7-10-33(11-8-19)22(34)20-15(2)32-21(35-20)16-12-17(23(25,26)27)14-18(13-16)24(28,29)30/h12-14,19,31H,3-11H2,1-2H3. The van der Waals surface area contributed by atoms with Gasteiger partial charge in [-0.2, -0.15) is 26.3 Å². The highest BCUT2D eigenvalue weighted by molar-refractivity contribution is 7.17. The van der Waals surface area contributed by atoms with Crippen LogP contribution in [0.4, 0.5) is 26.3 Å². The monoisotopic (exact) mass is 521 g/mol. The van der Waals surface area contributed by atoms with Crippen LogP contribution in [0.1, 0.15) is 71.9 Å². The summed E-state index contributed by atoms with van der Waals surface area (Å²) < 4.78 is 79.3. The number of benzene rings is 1. The molecular formula is C24H29F6N3OS. The Morgan fingerprint density at radius 3 is 2.17 bits per heavy atom. The molecule has 3 rings (SSSR count). The Hall–Kier alpha value is -2.14. The van der Waals surface area contributed by atoms with Crippen LogP contribution in [0.3, 0.4) is 0 Å². The van der Waals surface area contributed by atoms with Crippen molar-refractivity contribution in [3.05, 3.63) is 39.9 Å². The van der Waals surface area contributed by atoms with Gasteiger partial charge in [0, 0.05) is 24.7 Å². The van der Waals surface area contributed by atoms with E-state index in [1.54, 1.807) is 4.90 Å². The summed E-state index contributed by atoms with van der Waals surface area (Å²) in [5.41, 5.74) is -2.85. The van der Waals surface area contributed by atoms with Crippen molar-refractivity contribution in [3.63, 3.8) is 0 Å². The van der Waals surface area contributed by atoms with Gasteiger partial charge in [0.2, 0.25) is 0 Å². The van der Waals surface area contributed by atoms with Gasteiger partial charge in [-0.25, -0.2) is 4.98 Å². The summed E-state index contributed by atoms with van der Waals surface area (Å²) in [5.74, 6) is -0.296. The zero-order valence-corrected chi connectivity index (χ0v) is 20.5. The molecule has 35 heavy (non-hydrogen) atoms.